The first-order valence-corrected chi connectivity index (χ1v) is 8.78. The monoisotopic (exact) mass is 353 g/mol. The highest BCUT2D eigenvalue weighted by molar-refractivity contribution is 5.76. The fourth-order valence-electron chi connectivity index (χ4n) is 3.11. The van der Waals surface area contributed by atoms with Gasteiger partial charge in [-0.1, -0.05) is 32.0 Å². The number of hydrogen-bond acceptors (Lipinski definition) is 4. The molecule has 6 nitrogen and oxygen atoms in total. The molecule has 136 valence electrons. The van der Waals surface area contributed by atoms with Crippen molar-refractivity contribution >= 4 is 11.6 Å². The Morgan fingerprint density at radius 1 is 1.31 bits per heavy atom. The highest BCUT2D eigenvalue weighted by Gasteiger charge is 2.17. The molecule has 1 N–H and O–H groups in total. The molecule has 0 fully saturated rings. The van der Waals surface area contributed by atoms with Gasteiger partial charge in [-0.05, 0) is 37.8 Å². The number of ether oxygens (including phenoxy) is 1. The van der Waals surface area contributed by atoms with Gasteiger partial charge in [0.2, 0.25) is 0 Å². The van der Waals surface area contributed by atoms with Crippen LogP contribution in [0.2, 0.25) is 0 Å². The fraction of sp³-hybridized carbons (Fsp3) is 0.350. The minimum absolute atomic E-state index is 0.0929. The van der Waals surface area contributed by atoms with E-state index < -0.39 is 0 Å². The van der Waals surface area contributed by atoms with Crippen LogP contribution in [0.5, 0.6) is 5.75 Å². The number of aromatic amines is 1. The number of carbonyl (C=O) groups excluding carboxylic acids is 1. The van der Waals surface area contributed by atoms with Gasteiger partial charge >= 0.3 is 5.97 Å². The van der Waals surface area contributed by atoms with E-state index >= 15 is 0 Å². The van der Waals surface area contributed by atoms with Crippen LogP contribution in [0.1, 0.15) is 48.7 Å². The molecule has 0 aliphatic rings. The highest BCUT2D eigenvalue weighted by Crippen LogP contribution is 2.28. The molecule has 0 spiro atoms. The minimum Gasteiger partial charge on any atom is -0.426 e. The number of carbonyl (C=O) groups is 1. The number of benzene rings is 1. The summed E-state index contributed by atoms with van der Waals surface area (Å²) in [5, 5.41) is 2.70. The number of esters is 1. The number of aromatic nitrogens is 3. The first kappa shape index (κ1) is 17.9. The number of nitrogens with one attached hydrogen (secondary N) is 1. The Kier molecular flexibility index (Phi) is 4.93. The van der Waals surface area contributed by atoms with Crippen LogP contribution >= 0.6 is 0 Å². The summed E-state index contributed by atoms with van der Waals surface area (Å²) >= 11 is 0. The van der Waals surface area contributed by atoms with E-state index in [0.29, 0.717) is 23.0 Å². The van der Waals surface area contributed by atoms with Gasteiger partial charge in [0.15, 0.2) is 5.65 Å². The smallest absolute Gasteiger partial charge is 0.315 e. The first-order chi connectivity index (χ1) is 12.4. The van der Waals surface area contributed by atoms with E-state index in [1.54, 1.807) is 4.52 Å². The van der Waals surface area contributed by atoms with Gasteiger partial charge in [-0.2, -0.15) is 0 Å². The van der Waals surface area contributed by atoms with Crippen molar-refractivity contribution in [1.29, 1.82) is 0 Å². The molecule has 0 aliphatic carbocycles. The molecule has 26 heavy (non-hydrogen) atoms. The fourth-order valence-corrected chi connectivity index (χ4v) is 3.11. The average molecular weight is 353 g/mol. The van der Waals surface area contributed by atoms with Crippen molar-refractivity contribution in [2.45, 2.75) is 46.5 Å². The lowest BCUT2D eigenvalue weighted by Gasteiger charge is -2.15. The quantitative estimate of drug-likeness (QED) is 0.564. The molecule has 2 heterocycles. The van der Waals surface area contributed by atoms with Crippen molar-refractivity contribution < 1.29 is 9.53 Å². The van der Waals surface area contributed by atoms with Gasteiger partial charge in [0.05, 0.1) is 6.42 Å². The summed E-state index contributed by atoms with van der Waals surface area (Å²) in [5.41, 5.74) is 3.61. The summed E-state index contributed by atoms with van der Waals surface area (Å²) in [6.45, 7) is 7.91. The molecule has 0 saturated carbocycles. The predicted octanol–water partition coefficient (Wildman–Crippen LogP) is 3.30. The summed E-state index contributed by atoms with van der Waals surface area (Å²) in [5.74, 6) is 0.568. The lowest BCUT2D eigenvalue weighted by molar-refractivity contribution is -0.133. The Morgan fingerprint density at radius 2 is 2.04 bits per heavy atom. The van der Waals surface area contributed by atoms with Gasteiger partial charge < -0.3 is 4.74 Å². The van der Waals surface area contributed by atoms with Crippen molar-refractivity contribution in [3.05, 3.63) is 63.2 Å². The van der Waals surface area contributed by atoms with E-state index in [0.717, 1.165) is 23.2 Å². The van der Waals surface area contributed by atoms with Crippen LogP contribution in [0.3, 0.4) is 0 Å². The number of fused-ring (bicyclic) bond motifs is 1. The summed E-state index contributed by atoms with van der Waals surface area (Å²) < 4.78 is 7.25. The lowest BCUT2D eigenvalue weighted by Crippen LogP contribution is -2.16. The molecule has 6 heteroatoms. The molecular formula is C20H23N3O3. The van der Waals surface area contributed by atoms with Gasteiger partial charge in [0.25, 0.3) is 5.56 Å². The zero-order valence-corrected chi connectivity index (χ0v) is 15.5. The lowest BCUT2D eigenvalue weighted by atomic mass is 9.98. The summed E-state index contributed by atoms with van der Waals surface area (Å²) in [6, 6.07) is 9.07. The highest BCUT2D eigenvalue weighted by atomic mass is 16.5. The zero-order chi connectivity index (χ0) is 18.8. The van der Waals surface area contributed by atoms with Gasteiger partial charge in [0.1, 0.15) is 5.75 Å². The molecule has 3 rings (SSSR count). The van der Waals surface area contributed by atoms with E-state index in [-0.39, 0.29) is 17.9 Å². The maximum absolute atomic E-state index is 12.6. The van der Waals surface area contributed by atoms with Crippen LogP contribution in [-0.4, -0.2) is 20.6 Å². The third-order valence-electron chi connectivity index (χ3n) is 4.81. The van der Waals surface area contributed by atoms with E-state index in [4.69, 9.17) is 4.74 Å². The third-order valence-corrected chi connectivity index (χ3v) is 4.81. The second kappa shape index (κ2) is 7.15. The Labute approximate surface area is 151 Å². The molecule has 0 aliphatic heterocycles. The van der Waals surface area contributed by atoms with Gasteiger partial charge in [-0.15, -0.1) is 0 Å². The van der Waals surface area contributed by atoms with Crippen molar-refractivity contribution in [3.63, 3.8) is 0 Å². The molecule has 0 bridgehead atoms. The van der Waals surface area contributed by atoms with E-state index in [1.165, 1.54) is 6.07 Å². The number of rotatable bonds is 5. The SMILES string of the molecule is CCC(C)c1ccccc1OC(=O)Cc1c(C)nc2cc(=O)[nH]n2c1C. The number of aryl methyl sites for hydroxylation is 2. The first-order valence-electron chi connectivity index (χ1n) is 8.78. The van der Waals surface area contributed by atoms with Crippen LogP contribution in [0, 0.1) is 13.8 Å². The van der Waals surface area contributed by atoms with Crippen LogP contribution in [-0.2, 0) is 11.2 Å². The maximum Gasteiger partial charge on any atom is 0.315 e. The maximum atomic E-state index is 12.6. The molecule has 1 unspecified atom stereocenters. The van der Waals surface area contributed by atoms with Crippen LogP contribution < -0.4 is 10.3 Å². The van der Waals surface area contributed by atoms with Gasteiger partial charge in [-0.25, -0.2) is 9.50 Å². The molecule has 1 aromatic carbocycles. The summed E-state index contributed by atoms with van der Waals surface area (Å²) in [4.78, 5) is 28.5. The van der Waals surface area contributed by atoms with Crippen molar-refractivity contribution in [2.75, 3.05) is 0 Å². The van der Waals surface area contributed by atoms with Crippen LogP contribution in [0.25, 0.3) is 5.65 Å². The van der Waals surface area contributed by atoms with Crippen molar-refractivity contribution in [2.24, 2.45) is 0 Å². The second-order valence-electron chi connectivity index (χ2n) is 6.57. The van der Waals surface area contributed by atoms with Crippen molar-refractivity contribution in [1.82, 2.24) is 14.6 Å². The van der Waals surface area contributed by atoms with Crippen LogP contribution in [0.15, 0.2) is 35.1 Å². The molecule has 0 saturated heterocycles. The van der Waals surface area contributed by atoms with Gasteiger partial charge in [0, 0.05) is 23.0 Å². The zero-order valence-electron chi connectivity index (χ0n) is 15.5. The molecule has 1 atom stereocenters. The topological polar surface area (TPSA) is 76.5 Å². The normalized spacial score (nSPS) is 12.3. The summed E-state index contributed by atoms with van der Waals surface area (Å²) in [6.07, 6.45) is 1.06. The Hall–Kier alpha value is -2.89. The van der Waals surface area contributed by atoms with Crippen molar-refractivity contribution in [3.8, 4) is 5.75 Å². The van der Waals surface area contributed by atoms with E-state index in [1.807, 2.05) is 38.1 Å². The van der Waals surface area contributed by atoms with E-state index in [2.05, 4.69) is 23.9 Å². The number of hydrogen-bond donors (Lipinski definition) is 1. The molecule has 3 aromatic rings. The van der Waals surface area contributed by atoms with Crippen LogP contribution in [0.4, 0.5) is 0 Å². The minimum atomic E-state index is -0.345. The Balaban J connectivity index is 1.88. The molecule has 0 amide bonds. The molecule has 2 aromatic heterocycles. The average Bonchev–Trinajstić information content (AvgIpc) is 2.98. The number of nitrogens with zero attached hydrogens (tertiary/aromatic N) is 2. The molecular weight excluding hydrogens is 330 g/mol. The molecule has 0 radical (unpaired) electrons. The standard InChI is InChI=1S/C20H23N3O3/c1-5-12(2)15-8-6-7-9-17(15)26-20(25)10-16-13(3)21-18-11-19(24)22-23(18)14(16)4/h6-9,11-12H,5,10H2,1-4H3,(H,22,24). The largest absolute Gasteiger partial charge is 0.426 e. The number of H-pyrrole nitrogens is 1. The summed E-state index contributed by atoms with van der Waals surface area (Å²) in [7, 11) is 0. The third kappa shape index (κ3) is 3.40. The Bertz CT molecular complexity index is 1020. The van der Waals surface area contributed by atoms with Gasteiger partial charge in [-0.3, -0.25) is 14.7 Å². The second-order valence-corrected chi connectivity index (χ2v) is 6.57. The predicted molar refractivity (Wildman–Crippen MR) is 99.8 cm³/mol. The van der Waals surface area contributed by atoms with E-state index in [9.17, 15) is 9.59 Å². The Morgan fingerprint density at radius 3 is 2.77 bits per heavy atom. The number of para-hydroxylation sites is 1.